The average molecular weight is 556 g/mol. The van der Waals surface area contributed by atoms with E-state index in [4.69, 9.17) is 10.7 Å². The van der Waals surface area contributed by atoms with Crippen LogP contribution in [0.25, 0.3) is 0 Å². The molecule has 8 nitrogen and oxygen atoms in total. The fourth-order valence-corrected chi connectivity index (χ4v) is 5.05. The van der Waals surface area contributed by atoms with Crippen molar-refractivity contribution in [3.05, 3.63) is 89.2 Å². The number of carboxylic acids is 1. The van der Waals surface area contributed by atoms with Crippen LogP contribution in [0.15, 0.2) is 71.7 Å². The topological polar surface area (TPSA) is 102 Å². The summed E-state index contributed by atoms with van der Waals surface area (Å²) >= 11 is 0. The molecule has 0 radical (unpaired) electrons. The molecule has 0 aliphatic carbocycles. The molecular formula is C28H25F4N5O3. The molecule has 1 atom stereocenters. The van der Waals surface area contributed by atoms with Gasteiger partial charge in [0.05, 0.1) is 23.7 Å². The van der Waals surface area contributed by atoms with E-state index in [0.29, 0.717) is 43.4 Å². The lowest BCUT2D eigenvalue weighted by molar-refractivity contribution is -0.138. The van der Waals surface area contributed by atoms with Gasteiger partial charge in [0.1, 0.15) is 5.82 Å². The third-order valence-electron chi connectivity index (χ3n) is 6.99. The Bertz CT molecular complexity index is 1470. The van der Waals surface area contributed by atoms with Crippen molar-refractivity contribution in [1.29, 1.82) is 0 Å². The summed E-state index contributed by atoms with van der Waals surface area (Å²) in [6, 6.07) is 14.2. The van der Waals surface area contributed by atoms with Gasteiger partial charge in [0.25, 0.3) is 0 Å². The maximum atomic E-state index is 13.7. The van der Waals surface area contributed by atoms with E-state index >= 15 is 0 Å². The Kier molecular flexibility index (Phi) is 7.09. The molecule has 208 valence electrons. The van der Waals surface area contributed by atoms with Crippen molar-refractivity contribution in [2.45, 2.75) is 18.6 Å². The number of guanidine groups is 1. The smallest absolute Gasteiger partial charge is 0.416 e. The Morgan fingerprint density at radius 2 is 1.60 bits per heavy atom. The SMILES string of the molecule is NC(=O)c1ccc2c(c1)C(CC(=O)O)N(c1cccc(C(F)(F)F)c1)C(N1CCN(c3ccc(F)cc3)CC1)=N2. The van der Waals surface area contributed by atoms with Crippen molar-refractivity contribution in [1.82, 2.24) is 4.90 Å². The van der Waals surface area contributed by atoms with E-state index in [1.54, 1.807) is 18.2 Å². The summed E-state index contributed by atoms with van der Waals surface area (Å²) in [7, 11) is 0. The van der Waals surface area contributed by atoms with Crippen molar-refractivity contribution in [2.24, 2.45) is 10.7 Å². The molecule has 0 aromatic heterocycles. The number of anilines is 2. The summed E-state index contributed by atoms with van der Waals surface area (Å²) in [5, 5.41) is 9.81. The van der Waals surface area contributed by atoms with Crippen LogP contribution in [-0.2, 0) is 11.0 Å². The van der Waals surface area contributed by atoms with Crippen molar-refractivity contribution >= 4 is 34.9 Å². The van der Waals surface area contributed by atoms with Gasteiger partial charge in [0, 0.05) is 48.7 Å². The molecule has 2 aliphatic rings. The molecule has 3 aromatic rings. The number of carboxylic acid groups (broad SMARTS) is 1. The molecule has 0 saturated carbocycles. The second-order valence-electron chi connectivity index (χ2n) is 9.53. The maximum Gasteiger partial charge on any atom is 0.416 e. The monoisotopic (exact) mass is 555 g/mol. The predicted molar refractivity (Wildman–Crippen MR) is 141 cm³/mol. The molecule has 0 bridgehead atoms. The van der Waals surface area contributed by atoms with Crippen LogP contribution in [0.5, 0.6) is 0 Å². The van der Waals surface area contributed by atoms with Gasteiger partial charge < -0.3 is 25.5 Å². The summed E-state index contributed by atoms with van der Waals surface area (Å²) in [6.45, 7) is 1.86. The summed E-state index contributed by atoms with van der Waals surface area (Å²) in [4.78, 5) is 34.1. The minimum absolute atomic E-state index is 0.107. The van der Waals surface area contributed by atoms with E-state index in [1.807, 2.05) is 4.90 Å². The number of nitrogens with two attached hydrogens (primary N) is 1. The highest BCUT2D eigenvalue weighted by Gasteiger charge is 2.38. The number of hydrogen-bond donors (Lipinski definition) is 2. The quantitative estimate of drug-likeness (QED) is 0.439. The minimum Gasteiger partial charge on any atom is -0.481 e. The zero-order chi connectivity index (χ0) is 28.6. The van der Waals surface area contributed by atoms with Crippen molar-refractivity contribution in [3.8, 4) is 0 Å². The molecule has 1 amide bonds. The normalized spacial score (nSPS) is 17.4. The number of benzene rings is 3. The first kappa shape index (κ1) is 27.0. The molecule has 1 saturated heterocycles. The number of aliphatic imine (C=N–C) groups is 1. The van der Waals surface area contributed by atoms with Crippen LogP contribution in [0.3, 0.4) is 0 Å². The van der Waals surface area contributed by atoms with Gasteiger partial charge in [-0.1, -0.05) is 6.07 Å². The molecule has 2 aliphatic heterocycles. The molecule has 40 heavy (non-hydrogen) atoms. The zero-order valence-corrected chi connectivity index (χ0v) is 21.1. The van der Waals surface area contributed by atoms with Gasteiger partial charge in [-0.05, 0) is 60.7 Å². The first-order valence-corrected chi connectivity index (χ1v) is 12.5. The lowest BCUT2D eigenvalue weighted by Crippen LogP contribution is -2.55. The van der Waals surface area contributed by atoms with Gasteiger partial charge in [-0.3, -0.25) is 9.59 Å². The van der Waals surface area contributed by atoms with Gasteiger partial charge in [-0.15, -0.1) is 0 Å². The summed E-state index contributed by atoms with van der Waals surface area (Å²) in [5.41, 5.74) is 6.39. The van der Waals surface area contributed by atoms with Gasteiger partial charge in [0.2, 0.25) is 11.9 Å². The highest BCUT2D eigenvalue weighted by atomic mass is 19.4. The van der Waals surface area contributed by atoms with E-state index < -0.39 is 36.1 Å². The number of amides is 1. The molecule has 1 unspecified atom stereocenters. The molecule has 1 fully saturated rings. The van der Waals surface area contributed by atoms with Gasteiger partial charge in [-0.25, -0.2) is 9.38 Å². The number of nitrogens with zero attached hydrogens (tertiary/aromatic N) is 4. The summed E-state index contributed by atoms with van der Waals surface area (Å²) in [6.07, 6.45) is -5.09. The number of fused-ring (bicyclic) bond motifs is 1. The third-order valence-corrected chi connectivity index (χ3v) is 6.99. The second kappa shape index (κ2) is 10.5. The van der Waals surface area contributed by atoms with Crippen molar-refractivity contribution in [2.75, 3.05) is 36.0 Å². The van der Waals surface area contributed by atoms with Crippen LogP contribution < -0.4 is 15.5 Å². The Morgan fingerprint density at radius 1 is 0.925 bits per heavy atom. The summed E-state index contributed by atoms with van der Waals surface area (Å²) < 4.78 is 54.4. The van der Waals surface area contributed by atoms with Crippen LogP contribution in [0, 0.1) is 5.82 Å². The molecule has 5 rings (SSSR count). The molecule has 2 heterocycles. The highest BCUT2D eigenvalue weighted by Crippen LogP contribution is 2.42. The Balaban J connectivity index is 1.58. The van der Waals surface area contributed by atoms with Gasteiger partial charge in [0.15, 0.2) is 0 Å². The van der Waals surface area contributed by atoms with Crippen molar-refractivity contribution < 1.29 is 32.3 Å². The number of carbonyl (C=O) groups excluding carboxylic acids is 1. The van der Waals surface area contributed by atoms with E-state index in [-0.39, 0.29) is 17.1 Å². The van der Waals surface area contributed by atoms with E-state index in [2.05, 4.69) is 4.90 Å². The van der Waals surface area contributed by atoms with E-state index in [9.17, 15) is 32.3 Å². The number of primary amides is 1. The predicted octanol–water partition coefficient (Wildman–Crippen LogP) is 4.79. The fraction of sp³-hybridized carbons (Fsp3) is 0.250. The average Bonchev–Trinajstić information content (AvgIpc) is 2.92. The van der Waals surface area contributed by atoms with Gasteiger partial charge in [-0.2, -0.15) is 13.2 Å². The summed E-state index contributed by atoms with van der Waals surface area (Å²) in [5.74, 6) is -1.96. The van der Waals surface area contributed by atoms with Crippen LogP contribution in [0.4, 0.5) is 34.6 Å². The Hall–Kier alpha value is -4.61. The standard InChI is InChI=1S/C28H25F4N5O3/c29-19-5-7-20(8-6-19)35-10-12-36(13-11-35)27-34-23-9-4-17(26(33)40)14-22(23)24(16-25(38)39)37(27)21-3-1-2-18(15-21)28(30,31)32/h1-9,14-15,24H,10-13,16H2,(H2,33,40)(H,38,39). The molecule has 3 N–H and O–H groups in total. The van der Waals surface area contributed by atoms with Crippen LogP contribution in [-0.4, -0.2) is 54.0 Å². The molecular weight excluding hydrogens is 530 g/mol. The van der Waals surface area contributed by atoms with E-state index in [1.165, 1.54) is 41.3 Å². The van der Waals surface area contributed by atoms with Crippen LogP contribution >= 0.6 is 0 Å². The number of rotatable bonds is 5. The molecule has 3 aromatic carbocycles. The second-order valence-corrected chi connectivity index (χ2v) is 9.53. The largest absolute Gasteiger partial charge is 0.481 e. The minimum atomic E-state index is -4.62. The number of carbonyl (C=O) groups is 2. The third kappa shape index (κ3) is 5.42. The lowest BCUT2D eigenvalue weighted by atomic mass is 9.95. The van der Waals surface area contributed by atoms with Crippen LogP contribution in [0.2, 0.25) is 0 Å². The number of aliphatic carboxylic acids is 1. The Labute approximate surface area is 226 Å². The number of alkyl halides is 3. The molecule has 12 heteroatoms. The van der Waals surface area contributed by atoms with E-state index in [0.717, 1.165) is 17.8 Å². The number of halogens is 4. The lowest BCUT2D eigenvalue weighted by Gasteiger charge is -2.45. The van der Waals surface area contributed by atoms with Gasteiger partial charge >= 0.3 is 12.1 Å². The van der Waals surface area contributed by atoms with Crippen LogP contribution in [0.1, 0.15) is 33.9 Å². The first-order valence-electron chi connectivity index (χ1n) is 12.5. The van der Waals surface area contributed by atoms with Crippen molar-refractivity contribution in [3.63, 3.8) is 0 Å². The first-order chi connectivity index (χ1) is 19.0. The maximum absolute atomic E-state index is 13.7. The number of piperazine rings is 1. The highest BCUT2D eigenvalue weighted by molar-refractivity contribution is 6.02. The number of hydrogen-bond acceptors (Lipinski definition) is 6. The Morgan fingerprint density at radius 3 is 2.23 bits per heavy atom. The molecule has 0 spiro atoms. The fourth-order valence-electron chi connectivity index (χ4n) is 5.05. The zero-order valence-electron chi connectivity index (χ0n) is 21.1.